The van der Waals surface area contributed by atoms with E-state index in [4.69, 9.17) is 4.98 Å². The number of nitrogens with zero attached hydrogens (tertiary/aromatic N) is 3. The molecule has 0 saturated heterocycles. The summed E-state index contributed by atoms with van der Waals surface area (Å²) < 4.78 is 3.32. The zero-order valence-corrected chi connectivity index (χ0v) is 15.0. The molecule has 0 spiro atoms. The maximum Gasteiger partial charge on any atom is 0.166 e. The van der Waals surface area contributed by atoms with Gasteiger partial charge < -0.3 is 9.55 Å². The number of aromatic amines is 1. The predicted octanol–water partition coefficient (Wildman–Crippen LogP) is 4.99. The molecule has 0 aliphatic rings. The predicted molar refractivity (Wildman–Crippen MR) is 98.8 cm³/mol. The number of nitrogens with one attached hydrogen (secondary N) is 1. The zero-order chi connectivity index (χ0) is 15.8. The van der Waals surface area contributed by atoms with Crippen molar-refractivity contribution in [2.75, 3.05) is 0 Å². The normalized spacial score (nSPS) is 11.6. The Balaban J connectivity index is 1.62. The van der Waals surface area contributed by atoms with Crippen LogP contribution in [0.2, 0.25) is 0 Å². The average molecular weight is 387 g/mol. The van der Waals surface area contributed by atoms with Gasteiger partial charge in [0.15, 0.2) is 5.16 Å². The molecule has 4 nitrogen and oxygen atoms in total. The molecule has 2 aromatic heterocycles. The first-order chi connectivity index (χ1) is 11.2. The molecular formula is C17H15BrN4S. The molecule has 0 amide bonds. The standard InChI is InChI=1S/C17H15BrN4S/c1-2-22-15-6-4-3-5-13(15)19-16(22)10-23-17-20-12-8-7-11(18)9-14(12)21-17/h3-9H,2,10H2,1H3,(H,20,21). The monoisotopic (exact) mass is 386 g/mol. The highest BCUT2D eigenvalue weighted by Crippen LogP contribution is 2.26. The third-order valence-electron chi connectivity index (χ3n) is 3.81. The lowest BCUT2D eigenvalue weighted by Crippen LogP contribution is -2.00. The second-order valence-corrected chi connectivity index (χ2v) is 7.13. The molecule has 2 heterocycles. The largest absolute Gasteiger partial charge is 0.333 e. The van der Waals surface area contributed by atoms with E-state index in [1.165, 1.54) is 5.52 Å². The van der Waals surface area contributed by atoms with Crippen LogP contribution in [0.4, 0.5) is 0 Å². The van der Waals surface area contributed by atoms with E-state index in [1.54, 1.807) is 11.8 Å². The van der Waals surface area contributed by atoms with Gasteiger partial charge in [-0.1, -0.05) is 39.8 Å². The van der Waals surface area contributed by atoms with E-state index >= 15 is 0 Å². The molecule has 4 aromatic rings. The van der Waals surface area contributed by atoms with Gasteiger partial charge in [-0.25, -0.2) is 9.97 Å². The van der Waals surface area contributed by atoms with Gasteiger partial charge in [-0.3, -0.25) is 0 Å². The van der Waals surface area contributed by atoms with Gasteiger partial charge >= 0.3 is 0 Å². The van der Waals surface area contributed by atoms with Crippen LogP contribution in [0.15, 0.2) is 52.1 Å². The minimum atomic E-state index is 0.795. The highest BCUT2D eigenvalue weighted by atomic mass is 79.9. The van der Waals surface area contributed by atoms with Gasteiger partial charge in [-0.15, -0.1) is 0 Å². The van der Waals surface area contributed by atoms with Gasteiger partial charge in [-0.2, -0.15) is 0 Å². The Morgan fingerprint density at radius 3 is 2.87 bits per heavy atom. The van der Waals surface area contributed by atoms with Gasteiger partial charge in [0.25, 0.3) is 0 Å². The summed E-state index contributed by atoms with van der Waals surface area (Å²) in [5.74, 6) is 1.88. The summed E-state index contributed by atoms with van der Waals surface area (Å²) in [6.07, 6.45) is 0. The number of hydrogen-bond donors (Lipinski definition) is 1. The van der Waals surface area contributed by atoms with E-state index in [9.17, 15) is 0 Å². The van der Waals surface area contributed by atoms with Crippen molar-refractivity contribution in [2.24, 2.45) is 0 Å². The van der Waals surface area contributed by atoms with Crippen molar-refractivity contribution in [3.05, 3.63) is 52.8 Å². The quantitative estimate of drug-likeness (QED) is 0.502. The Bertz CT molecular complexity index is 989. The maximum atomic E-state index is 4.76. The van der Waals surface area contributed by atoms with E-state index < -0.39 is 0 Å². The SMILES string of the molecule is CCn1c(CSc2nc3ccc(Br)cc3[nH]2)nc2ccccc21. The van der Waals surface area contributed by atoms with Crippen molar-refractivity contribution in [1.82, 2.24) is 19.5 Å². The molecule has 116 valence electrons. The van der Waals surface area contributed by atoms with Crippen molar-refractivity contribution >= 4 is 49.8 Å². The van der Waals surface area contributed by atoms with Gasteiger partial charge in [0.2, 0.25) is 0 Å². The van der Waals surface area contributed by atoms with Gasteiger partial charge in [0.1, 0.15) is 5.82 Å². The number of imidazole rings is 2. The molecule has 1 N–H and O–H groups in total. The molecule has 0 radical (unpaired) electrons. The van der Waals surface area contributed by atoms with Crippen LogP contribution in [0.1, 0.15) is 12.7 Å². The summed E-state index contributed by atoms with van der Waals surface area (Å²) in [4.78, 5) is 12.8. The number of halogens is 1. The van der Waals surface area contributed by atoms with Crippen LogP contribution in [0.3, 0.4) is 0 Å². The average Bonchev–Trinajstić information content (AvgIpc) is 3.12. The molecule has 0 fully saturated rings. The molecule has 0 aliphatic heterocycles. The van der Waals surface area contributed by atoms with Crippen LogP contribution in [0.25, 0.3) is 22.1 Å². The third-order valence-corrected chi connectivity index (χ3v) is 5.17. The summed E-state index contributed by atoms with van der Waals surface area (Å²) in [7, 11) is 0. The molecule has 6 heteroatoms. The highest BCUT2D eigenvalue weighted by Gasteiger charge is 2.11. The lowest BCUT2D eigenvalue weighted by atomic mass is 10.3. The lowest BCUT2D eigenvalue weighted by Gasteiger charge is -2.04. The molecule has 23 heavy (non-hydrogen) atoms. The summed E-state index contributed by atoms with van der Waals surface area (Å²) >= 11 is 5.17. The Labute approximate surface area is 146 Å². The van der Waals surface area contributed by atoms with Crippen LogP contribution >= 0.6 is 27.7 Å². The number of hydrogen-bond acceptors (Lipinski definition) is 3. The number of aromatic nitrogens is 4. The zero-order valence-electron chi connectivity index (χ0n) is 12.6. The second kappa shape index (κ2) is 6.02. The van der Waals surface area contributed by atoms with E-state index in [-0.39, 0.29) is 0 Å². The number of rotatable bonds is 4. The number of para-hydroxylation sites is 2. The fourth-order valence-electron chi connectivity index (χ4n) is 2.75. The summed E-state index contributed by atoms with van der Waals surface area (Å²) in [6, 6.07) is 14.4. The van der Waals surface area contributed by atoms with E-state index in [0.717, 1.165) is 44.3 Å². The number of fused-ring (bicyclic) bond motifs is 2. The van der Waals surface area contributed by atoms with E-state index in [1.807, 2.05) is 24.3 Å². The number of H-pyrrole nitrogens is 1. The molecular weight excluding hydrogens is 372 g/mol. The lowest BCUT2D eigenvalue weighted by molar-refractivity contribution is 0.748. The summed E-state index contributed by atoms with van der Waals surface area (Å²) in [5.41, 5.74) is 4.28. The topological polar surface area (TPSA) is 46.5 Å². The van der Waals surface area contributed by atoms with Crippen LogP contribution < -0.4 is 0 Å². The third kappa shape index (κ3) is 2.77. The molecule has 0 aliphatic carbocycles. The van der Waals surface area contributed by atoms with Crippen molar-refractivity contribution in [2.45, 2.75) is 24.4 Å². The highest BCUT2D eigenvalue weighted by molar-refractivity contribution is 9.10. The van der Waals surface area contributed by atoms with E-state index in [2.05, 4.69) is 55.6 Å². The van der Waals surface area contributed by atoms with Gasteiger partial charge in [0, 0.05) is 11.0 Å². The van der Waals surface area contributed by atoms with Crippen molar-refractivity contribution in [3.8, 4) is 0 Å². The number of aryl methyl sites for hydroxylation is 1. The fourth-order valence-corrected chi connectivity index (χ4v) is 3.94. The minimum Gasteiger partial charge on any atom is -0.333 e. The minimum absolute atomic E-state index is 0.795. The first kappa shape index (κ1) is 14.8. The molecule has 4 rings (SSSR count). The first-order valence-corrected chi connectivity index (χ1v) is 9.24. The smallest absolute Gasteiger partial charge is 0.166 e. The van der Waals surface area contributed by atoms with Gasteiger partial charge in [0.05, 0.1) is 27.8 Å². The van der Waals surface area contributed by atoms with Crippen LogP contribution in [0, 0.1) is 0 Å². The first-order valence-electron chi connectivity index (χ1n) is 7.47. The van der Waals surface area contributed by atoms with Crippen molar-refractivity contribution in [3.63, 3.8) is 0 Å². The Kier molecular flexibility index (Phi) is 3.87. The number of thioether (sulfide) groups is 1. The molecule has 2 aromatic carbocycles. The second-order valence-electron chi connectivity index (χ2n) is 5.25. The van der Waals surface area contributed by atoms with Crippen molar-refractivity contribution < 1.29 is 0 Å². The van der Waals surface area contributed by atoms with Crippen molar-refractivity contribution in [1.29, 1.82) is 0 Å². The Morgan fingerprint density at radius 2 is 2.00 bits per heavy atom. The van der Waals surface area contributed by atoms with Crippen LogP contribution in [0.5, 0.6) is 0 Å². The van der Waals surface area contributed by atoms with Gasteiger partial charge in [-0.05, 0) is 37.3 Å². The molecule has 0 unspecified atom stereocenters. The summed E-state index contributed by atoms with van der Waals surface area (Å²) in [5, 5.41) is 0.924. The number of benzene rings is 2. The molecule has 0 atom stereocenters. The fraction of sp³-hybridized carbons (Fsp3) is 0.176. The maximum absolute atomic E-state index is 4.76. The Morgan fingerprint density at radius 1 is 1.13 bits per heavy atom. The summed E-state index contributed by atoms with van der Waals surface area (Å²) in [6.45, 7) is 3.07. The molecule has 0 saturated carbocycles. The van der Waals surface area contributed by atoms with E-state index in [0.29, 0.717) is 0 Å². The Hall–Kier alpha value is -1.79. The van der Waals surface area contributed by atoms with Crippen LogP contribution in [-0.2, 0) is 12.3 Å². The van der Waals surface area contributed by atoms with Crippen LogP contribution in [-0.4, -0.2) is 19.5 Å². The molecule has 0 bridgehead atoms.